The first kappa shape index (κ1) is 15.4. The van der Waals surface area contributed by atoms with Crippen molar-refractivity contribution in [3.05, 3.63) is 51.5 Å². The standard InChI is InChI=1S/C16H17BrN2O2/c1-9-6-13(18)14(7-10(9)2)19-16(20)11-4-5-15(21-3)12(17)8-11/h4-8H,18H2,1-3H3,(H,19,20). The van der Waals surface area contributed by atoms with Gasteiger partial charge in [0.2, 0.25) is 0 Å². The van der Waals surface area contributed by atoms with Gasteiger partial charge < -0.3 is 15.8 Å². The molecule has 0 aliphatic heterocycles. The highest BCUT2D eigenvalue weighted by Gasteiger charge is 2.11. The van der Waals surface area contributed by atoms with E-state index in [9.17, 15) is 4.79 Å². The number of carbonyl (C=O) groups excluding carboxylic acids is 1. The third-order valence-electron chi connectivity index (χ3n) is 3.33. The Morgan fingerprint density at radius 1 is 1.19 bits per heavy atom. The number of amides is 1. The Labute approximate surface area is 132 Å². The van der Waals surface area contributed by atoms with Gasteiger partial charge in [0.25, 0.3) is 5.91 Å². The molecule has 0 saturated heterocycles. The van der Waals surface area contributed by atoms with Crippen LogP contribution in [0, 0.1) is 13.8 Å². The number of nitrogen functional groups attached to an aromatic ring is 1. The Hall–Kier alpha value is -2.01. The van der Waals surface area contributed by atoms with Crippen molar-refractivity contribution in [1.29, 1.82) is 0 Å². The molecule has 3 N–H and O–H groups in total. The maximum Gasteiger partial charge on any atom is 0.255 e. The zero-order valence-corrected chi connectivity index (χ0v) is 13.7. The molecule has 0 saturated carbocycles. The van der Waals surface area contributed by atoms with Gasteiger partial charge in [-0.25, -0.2) is 0 Å². The third-order valence-corrected chi connectivity index (χ3v) is 3.95. The fourth-order valence-electron chi connectivity index (χ4n) is 1.95. The highest BCUT2D eigenvalue weighted by molar-refractivity contribution is 9.10. The summed E-state index contributed by atoms with van der Waals surface area (Å²) >= 11 is 3.37. The minimum Gasteiger partial charge on any atom is -0.496 e. The van der Waals surface area contributed by atoms with Gasteiger partial charge in [-0.2, -0.15) is 0 Å². The van der Waals surface area contributed by atoms with E-state index in [4.69, 9.17) is 10.5 Å². The van der Waals surface area contributed by atoms with Crippen molar-refractivity contribution in [2.75, 3.05) is 18.2 Å². The summed E-state index contributed by atoms with van der Waals surface area (Å²) in [5, 5.41) is 2.83. The first-order valence-corrected chi connectivity index (χ1v) is 7.23. The van der Waals surface area contributed by atoms with Gasteiger partial charge in [0.1, 0.15) is 5.75 Å². The Kier molecular flexibility index (Phi) is 4.53. The summed E-state index contributed by atoms with van der Waals surface area (Å²) in [6, 6.07) is 8.89. The number of anilines is 2. The number of ether oxygens (including phenoxy) is 1. The molecule has 5 heteroatoms. The van der Waals surface area contributed by atoms with E-state index in [1.807, 2.05) is 26.0 Å². The molecule has 2 aromatic rings. The van der Waals surface area contributed by atoms with Crippen molar-refractivity contribution in [3.8, 4) is 5.75 Å². The average Bonchev–Trinajstić information content (AvgIpc) is 2.44. The SMILES string of the molecule is COc1ccc(C(=O)Nc2cc(C)c(C)cc2N)cc1Br. The third kappa shape index (κ3) is 3.36. The van der Waals surface area contributed by atoms with Crippen LogP contribution < -0.4 is 15.8 Å². The van der Waals surface area contributed by atoms with Crippen LogP contribution in [0.3, 0.4) is 0 Å². The van der Waals surface area contributed by atoms with Gasteiger partial charge in [-0.1, -0.05) is 0 Å². The van der Waals surface area contributed by atoms with Crippen LogP contribution in [0.2, 0.25) is 0 Å². The van der Waals surface area contributed by atoms with E-state index in [-0.39, 0.29) is 5.91 Å². The van der Waals surface area contributed by atoms with Crippen LogP contribution in [0.5, 0.6) is 5.75 Å². The lowest BCUT2D eigenvalue weighted by molar-refractivity contribution is 0.102. The number of hydrogen-bond donors (Lipinski definition) is 2. The summed E-state index contributed by atoms with van der Waals surface area (Å²) in [7, 11) is 1.58. The number of hydrogen-bond acceptors (Lipinski definition) is 3. The van der Waals surface area contributed by atoms with Crippen molar-refractivity contribution in [1.82, 2.24) is 0 Å². The topological polar surface area (TPSA) is 64.3 Å². The molecular formula is C16H17BrN2O2. The minimum atomic E-state index is -0.215. The van der Waals surface area contributed by atoms with Crippen LogP contribution in [-0.2, 0) is 0 Å². The lowest BCUT2D eigenvalue weighted by Crippen LogP contribution is -2.13. The smallest absolute Gasteiger partial charge is 0.255 e. The Balaban J connectivity index is 2.26. The molecule has 2 aromatic carbocycles. The molecule has 4 nitrogen and oxygen atoms in total. The van der Waals surface area contributed by atoms with E-state index in [0.717, 1.165) is 15.6 Å². The fourth-order valence-corrected chi connectivity index (χ4v) is 2.49. The van der Waals surface area contributed by atoms with Crippen molar-refractivity contribution >= 4 is 33.2 Å². The predicted octanol–water partition coefficient (Wildman–Crippen LogP) is 3.91. The van der Waals surface area contributed by atoms with Gasteiger partial charge in [-0.15, -0.1) is 0 Å². The highest BCUT2D eigenvalue weighted by atomic mass is 79.9. The van der Waals surface area contributed by atoms with Crippen LogP contribution in [0.25, 0.3) is 0 Å². The molecule has 0 fully saturated rings. The number of nitrogens with one attached hydrogen (secondary N) is 1. The quantitative estimate of drug-likeness (QED) is 0.826. The summed E-state index contributed by atoms with van der Waals surface area (Å²) in [5.41, 5.74) is 9.83. The van der Waals surface area contributed by atoms with E-state index in [2.05, 4.69) is 21.2 Å². The molecule has 2 rings (SSSR count). The molecule has 0 spiro atoms. The number of benzene rings is 2. The van der Waals surface area contributed by atoms with E-state index >= 15 is 0 Å². The predicted molar refractivity (Wildman–Crippen MR) is 89.0 cm³/mol. The number of methoxy groups -OCH3 is 1. The summed E-state index contributed by atoms with van der Waals surface area (Å²) in [4.78, 5) is 12.3. The Morgan fingerprint density at radius 3 is 2.48 bits per heavy atom. The maximum absolute atomic E-state index is 12.3. The highest BCUT2D eigenvalue weighted by Crippen LogP contribution is 2.27. The monoisotopic (exact) mass is 348 g/mol. The Bertz CT molecular complexity index is 699. The molecule has 1 amide bonds. The molecule has 0 aliphatic carbocycles. The van der Waals surface area contributed by atoms with E-state index in [0.29, 0.717) is 22.7 Å². The van der Waals surface area contributed by atoms with Gasteiger partial charge in [-0.3, -0.25) is 4.79 Å². The van der Waals surface area contributed by atoms with Crippen LogP contribution in [0.4, 0.5) is 11.4 Å². The number of halogens is 1. The normalized spacial score (nSPS) is 10.3. The minimum absolute atomic E-state index is 0.215. The van der Waals surface area contributed by atoms with Gasteiger partial charge in [0, 0.05) is 5.56 Å². The molecule has 0 bridgehead atoms. The van der Waals surface area contributed by atoms with Gasteiger partial charge in [0.15, 0.2) is 0 Å². The summed E-state index contributed by atoms with van der Waals surface area (Å²) in [5.74, 6) is 0.463. The number of aryl methyl sites for hydroxylation is 2. The van der Waals surface area contributed by atoms with Crippen LogP contribution in [0.15, 0.2) is 34.8 Å². The molecule has 21 heavy (non-hydrogen) atoms. The second kappa shape index (κ2) is 6.18. The molecule has 0 unspecified atom stereocenters. The lowest BCUT2D eigenvalue weighted by atomic mass is 10.1. The maximum atomic E-state index is 12.3. The Morgan fingerprint density at radius 2 is 1.86 bits per heavy atom. The molecule has 110 valence electrons. The molecule has 0 aliphatic rings. The van der Waals surface area contributed by atoms with Gasteiger partial charge >= 0.3 is 0 Å². The van der Waals surface area contributed by atoms with E-state index in [1.165, 1.54) is 0 Å². The summed E-state index contributed by atoms with van der Waals surface area (Å²) < 4.78 is 5.87. The zero-order chi connectivity index (χ0) is 15.6. The summed E-state index contributed by atoms with van der Waals surface area (Å²) in [6.45, 7) is 3.96. The molecule has 0 atom stereocenters. The molecular weight excluding hydrogens is 332 g/mol. The van der Waals surface area contributed by atoms with Crippen molar-refractivity contribution in [2.45, 2.75) is 13.8 Å². The van der Waals surface area contributed by atoms with Crippen LogP contribution in [-0.4, -0.2) is 13.0 Å². The van der Waals surface area contributed by atoms with Crippen molar-refractivity contribution in [3.63, 3.8) is 0 Å². The number of rotatable bonds is 3. The first-order chi connectivity index (χ1) is 9.92. The molecule has 0 aromatic heterocycles. The van der Waals surface area contributed by atoms with Gasteiger partial charge in [-0.05, 0) is 71.2 Å². The lowest BCUT2D eigenvalue weighted by Gasteiger charge is -2.12. The van der Waals surface area contributed by atoms with Gasteiger partial charge in [0.05, 0.1) is 23.0 Å². The van der Waals surface area contributed by atoms with E-state index < -0.39 is 0 Å². The number of carbonyl (C=O) groups is 1. The van der Waals surface area contributed by atoms with Crippen molar-refractivity contribution in [2.24, 2.45) is 0 Å². The second-order valence-corrected chi connectivity index (χ2v) is 5.68. The first-order valence-electron chi connectivity index (χ1n) is 6.44. The summed E-state index contributed by atoms with van der Waals surface area (Å²) in [6.07, 6.45) is 0. The van der Waals surface area contributed by atoms with Crippen molar-refractivity contribution < 1.29 is 9.53 Å². The van der Waals surface area contributed by atoms with Crippen LogP contribution in [0.1, 0.15) is 21.5 Å². The second-order valence-electron chi connectivity index (χ2n) is 4.83. The number of nitrogens with two attached hydrogens (primary N) is 1. The zero-order valence-electron chi connectivity index (χ0n) is 12.2. The molecule has 0 radical (unpaired) electrons. The molecule has 0 heterocycles. The van der Waals surface area contributed by atoms with Crippen LogP contribution >= 0.6 is 15.9 Å². The largest absolute Gasteiger partial charge is 0.496 e. The van der Waals surface area contributed by atoms with E-state index in [1.54, 1.807) is 25.3 Å². The fraction of sp³-hybridized carbons (Fsp3) is 0.188. The average molecular weight is 349 g/mol.